The summed E-state index contributed by atoms with van der Waals surface area (Å²) in [7, 11) is 0. The van der Waals surface area contributed by atoms with Crippen LogP contribution in [-0.4, -0.2) is 19.4 Å². The molecule has 1 aromatic carbocycles. The van der Waals surface area contributed by atoms with E-state index >= 15 is 0 Å². The third-order valence-electron chi connectivity index (χ3n) is 1.91. The smallest absolute Gasteiger partial charge is 0.370 e. The molecule has 1 rings (SSSR count). The fourth-order valence-corrected chi connectivity index (χ4v) is 1.89. The van der Waals surface area contributed by atoms with E-state index in [1.54, 1.807) is 0 Å². The zero-order valence-corrected chi connectivity index (χ0v) is 11.8. The van der Waals surface area contributed by atoms with Gasteiger partial charge in [-0.1, -0.05) is 11.6 Å². The molecule has 102 valence electrons. The highest BCUT2D eigenvalue weighted by Crippen LogP contribution is 2.31. The number of alkyl halides is 4. The Hall–Kier alpha value is -0.0400. The van der Waals surface area contributed by atoms with Gasteiger partial charge in [0.2, 0.25) is 0 Å². The molecule has 0 radical (unpaired) electrons. The molecule has 0 fully saturated rings. The molecule has 0 aromatic heterocycles. The van der Waals surface area contributed by atoms with Crippen LogP contribution in [-0.2, 0) is 4.74 Å². The van der Waals surface area contributed by atoms with Crippen molar-refractivity contribution >= 4 is 39.1 Å². The lowest BCUT2D eigenvalue weighted by Gasteiger charge is -2.13. The maximum atomic E-state index is 13.5. The minimum Gasteiger partial charge on any atom is -0.370 e. The Labute approximate surface area is 119 Å². The molecule has 0 aliphatic carbocycles. The number of benzene rings is 1. The van der Waals surface area contributed by atoms with Gasteiger partial charge in [-0.3, -0.25) is 0 Å². The molecule has 0 aliphatic heterocycles. The SMILES string of the molecule is Fc1cc(Br)c(Cl)cc1C(Cl)COCC(F)(F)F. The van der Waals surface area contributed by atoms with Crippen molar-refractivity contribution in [1.29, 1.82) is 0 Å². The average Bonchev–Trinajstić information content (AvgIpc) is 2.21. The highest BCUT2D eigenvalue weighted by atomic mass is 79.9. The summed E-state index contributed by atoms with van der Waals surface area (Å²) >= 11 is 14.5. The first-order chi connectivity index (χ1) is 8.20. The first-order valence-electron chi connectivity index (χ1n) is 4.63. The topological polar surface area (TPSA) is 9.23 Å². The molecule has 0 amide bonds. The van der Waals surface area contributed by atoms with Gasteiger partial charge in [0.25, 0.3) is 0 Å². The van der Waals surface area contributed by atoms with Crippen LogP contribution in [0.25, 0.3) is 0 Å². The first-order valence-corrected chi connectivity index (χ1v) is 6.24. The lowest BCUT2D eigenvalue weighted by Crippen LogP contribution is -2.18. The second-order valence-electron chi connectivity index (χ2n) is 3.39. The number of ether oxygens (including phenoxy) is 1. The molecule has 0 spiro atoms. The van der Waals surface area contributed by atoms with Crippen molar-refractivity contribution < 1.29 is 22.3 Å². The molecule has 1 unspecified atom stereocenters. The number of hydrogen-bond donors (Lipinski definition) is 0. The Bertz CT molecular complexity index is 425. The Morgan fingerprint density at radius 3 is 2.50 bits per heavy atom. The summed E-state index contributed by atoms with van der Waals surface area (Å²) in [5.74, 6) is -0.665. The quantitative estimate of drug-likeness (QED) is 0.407. The molecule has 0 bridgehead atoms. The predicted octanol–water partition coefficient (Wildman–Crippen LogP) is 5.10. The van der Waals surface area contributed by atoms with E-state index in [4.69, 9.17) is 23.2 Å². The molecular formula is C10H7BrCl2F4O. The van der Waals surface area contributed by atoms with E-state index in [0.717, 1.165) is 6.07 Å². The summed E-state index contributed by atoms with van der Waals surface area (Å²) in [5.41, 5.74) is -0.00737. The van der Waals surface area contributed by atoms with Gasteiger partial charge >= 0.3 is 6.18 Å². The molecule has 0 N–H and O–H groups in total. The summed E-state index contributed by atoms with van der Waals surface area (Å²) in [5, 5.41) is -0.828. The summed E-state index contributed by atoms with van der Waals surface area (Å²) < 4.78 is 53.7. The van der Waals surface area contributed by atoms with Gasteiger partial charge < -0.3 is 4.74 Å². The zero-order valence-electron chi connectivity index (χ0n) is 8.70. The van der Waals surface area contributed by atoms with Crippen LogP contribution in [0.4, 0.5) is 17.6 Å². The van der Waals surface area contributed by atoms with Crippen LogP contribution in [0, 0.1) is 5.82 Å². The Kier molecular flexibility index (Phi) is 5.70. The fraction of sp³-hybridized carbons (Fsp3) is 0.400. The highest BCUT2D eigenvalue weighted by Gasteiger charge is 2.28. The van der Waals surface area contributed by atoms with Crippen molar-refractivity contribution in [3.05, 3.63) is 33.0 Å². The van der Waals surface area contributed by atoms with E-state index in [0.29, 0.717) is 4.47 Å². The van der Waals surface area contributed by atoms with Crippen molar-refractivity contribution in [1.82, 2.24) is 0 Å². The first kappa shape index (κ1) is 16.0. The Balaban J connectivity index is 2.67. The second kappa shape index (κ2) is 6.41. The van der Waals surface area contributed by atoms with Gasteiger partial charge in [0.15, 0.2) is 0 Å². The fourth-order valence-electron chi connectivity index (χ4n) is 1.15. The minimum absolute atomic E-state index is 0.00737. The van der Waals surface area contributed by atoms with Crippen molar-refractivity contribution in [3.8, 4) is 0 Å². The predicted molar refractivity (Wildman–Crippen MR) is 64.6 cm³/mol. The molecule has 1 atom stereocenters. The Morgan fingerprint density at radius 1 is 1.33 bits per heavy atom. The van der Waals surface area contributed by atoms with Gasteiger partial charge in [0.1, 0.15) is 12.4 Å². The largest absolute Gasteiger partial charge is 0.411 e. The van der Waals surface area contributed by atoms with Crippen molar-refractivity contribution in [2.24, 2.45) is 0 Å². The van der Waals surface area contributed by atoms with Crippen LogP contribution in [0.2, 0.25) is 5.02 Å². The standard InChI is InChI=1S/C10H7BrCl2F4O/c11-6-2-9(14)5(1-7(6)12)8(13)3-18-4-10(15,16)17/h1-2,8H,3-4H2. The van der Waals surface area contributed by atoms with Crippen LogP contribution in [0.3, 0.4) is 0 Å². The van der Waals surface area contributed by atoms with Gasteiger partial charge in [-0.2, -0.15) is 13.2 Å². The average molecular weight is 370 g/mol. The van der Waals surface area contributed by atoms with Crippen LogP contribution >= 0.6 is 39.1 Å². The minimum atomic E-state index is -4.44. The van der Waals surface area contributed by atoms with E-state index in [9.17, 15) is 17.6 Å². The molecule has 1 nitrogen and oxygen atoms in total. The maximum absolute atomic E-state index is 13.5. The monoisotopic (exact) mass is 368 g/mol. The van der Waals surface area contributed by atoms with Crippen LogP contribution < -0.4 is 0 Å². The molecule has 0 heterocycles. The van der Waals surface area contributed by atoms with Crippen molar-refractivity contribution in [2.75, 3.05) is 13.2 Å². The lowest BCUT2D eigenvalue weighted by molar-refractivity contribution is -0.173. The lowest BCUT2D eigenvalue weighted by atomic mass is 10.1. The molecule has 1 aromatic rings. The highest BCUT2D eigenvalue weighted by molar-refractivity contribution is 9.10. The third kappa shape index (κ3) is 4.91. The number of hydrogen-bond acceptors (Lipinski definition) is 1. The molecule has 0 saturated heterocycles. The van der Waals surface area contributed by atoms with Crippen molar-refractivity contribution in [3.63, 3.8) is 0 Å². The molecular weight excluding hydrogens is 363 g/mol. The van der Waals surface area contributed by atoms with Gasteiger partial charge in [-0.15, -0.1) is 11.6 Å². The molecule has 0 saturated carbocycles. The van der Waals surface area contributed by atoms with Crippen molar-refractivity contribution in [2.45, 2.75) is 11.6 Å². The summed E-state index contributed by atoms with van der Waals surface area (Å²) in [6, 6.07) is 2.34. The number of rotatable bonds is 4. The van der Waals surface area contributed by atoms with Gasteiger partial charge in [0.05, 0.1) is 17.0 Å². The summed E-state index contributed by atoms with van der Waals surface area (Å²) in [6.45, 7) is -1.89. The van der Waals surface area contributed by atoms with E-state index in [1.165, 1.54) is 6.07 Å². The number of halogens is 7. The zero-order chi connectivity index (χ0) is 13.9. The normalized spacial score (nSPS) is 13.7. The summed E-state index contributed by atoms with van der Waals surface area (Å²) in [4.78, 5) is 0. The van der Waals surface area contributed by atoms with E-state index < -0.39 is 30.6 Å². The second-order valence-corrected chi connectivity index (χ2v) is 5.17. The van der Waals surface area contributed by atoms with E-state index in [-0.39, 0.29) is 10.6 Å². The van der Waals surface area contributed by atoms with E-state index in [2.05, 4.69) is 20.7 Å². The van der Waals surface area contributed by atoms with Gasteiger partial charge in [0, 0.05) is 10.0 Å². The Morgan fingerprint density at radius 2 is 1.94 bits per heavy atom. The van der Waals surface area contributed by atoms with Crippen LogP contribution in [0.1, 0.15) is 10.9 Å². The van der Waals surface area contributed by atoms with Gasteiger partial charge in [-0.25, -0.2) is 4.39 Å². The summed E-state index contributed by atoms with van der Waals surface area (Å²) in [6.07, 6.45) is -4.44. The molecule has 18 heavy (non-hydrogen) atoms. The molecule has 8 heteroatoms. The van der Waals surface area contributed by atoms with E-state index in [1.807, 2.05) is 0 Å². The third-order valence-corrected chi connectivity index (χ3v) is 3.47. The molecule has 0 aliphatic rings. The van der Waals surface area contributed by atoms with Crippen LogP contribution in [0.15, 0.2) is 16.6 Å². The van der Waals surface area contributed by atoms with Gasteiger partial charge in [-0.05, 0) is 28.1 Å². The van der Waals surface area contributed by atoms with Crippen LogP contribution in [0.5, 0.6) is 0 Å². The maximum Gasteiger partial charge on any atom is 0.411 e.